The van der Waals surface area contributed by atoms with Gasteiger partial charge in [0.1, 0.15) is 0 Å². The van der Waals surface area contributed by atoms with Gasteiger partial charge >= 0.3 is 0 Å². The minimum absolute atomic E-state index is 0.0828. The Morgan fingerprint density at radius 1 is 1.50 bits per heavy atom. The summed E-state index contributed by atoms with van der Waals surface area (Å²) in [5, 5.41) is 7.32. The Bertz CT molecular complexity index is 579. The lowest BCUT2D eigenvalue weighted by molar-refractivity contribution is 0.646. The van der Waals surface area contributed by atoms with Crippen LogP contribution in [-0.2, 0) is 6.54 Å². The van der Waals surface area contributed by atoms with Gasteiger partial charge in [-0.05, 0) is 34.5 Å². The van der Waals surface area contributed by atoms with E-state index in [1.807, 2.05) is 12.1 Å². The van der Waals surface area contributed by atoms with Gasteiger partial charge in [-0.15, -0.1) is 11.3 Å². The van der Waals surface area contributed by atoms with E-state index in [9.17, 15) is 4.79 Å². The van der Waals surface area contributed by atoms with Crippen LogP contribution in [0, 0.1) is 0 Å². The number of hydrogen-bond acceptors (Lipinski definition) is 4. The van der Waals surface area contributed by atoms with Crippen LogP contribution in [0.1, 0.15) is 18.2 Å². The van der Waals surface area contributed by atoms with E-state index in [0.717, 1.165) is 27.3 Å². The first-order chi connectivity index (χ1) is 8.69. The summed E-state index contributed by atoms with van der Waals surface area (Å²) in [5.41, 5.74) is 0.700. The van der Waals surface area contributed by atoms with Crippen molar-refractivity contribution in [3.05, 3.63) is 43.4 Å². The molecule has 0 spiro atoms. The first-order valence-electron chi connectivity index (χ1n) is 5.74. The fraction of sp³-hybridized carbons (Fsp3) is 0.333. The SMILES string of the molecule is CCCNc1cnn(Cc2ccc(Br)s2)c(=O)c1. The van der Waals surface area contributed by atoms with Gasteiger partial charge in [0.15, 0.2) is 0 Å². The Morgan fingerprint density at radius 3 is 2.94 bits per heavy atom. The molecule has 0 fully saturated rings. The molecule has 0 amide bonds. The maximum absolute atomic E-state index is 11.9. The smallest absolute Gasteiger partial charge is 0.269 e. The zero-order chi connectivity index (χ0) is 13.0. The van der Waals surface area contributed by atoms with E-state index in [0.29, 0.717) is 6.54 Å². The second-order valence-electron chi connectivity index (χ2n) is 3.87. The van der Waals surface area contributed by atoms with E-state index < -0.39 is 0 Å². The summed E-state index contributed by atoms with van der Waals surface area (Å²) in [5.74, 6) is 0. The standard InChI is InChI=1S/C12H14BrN3OS/c1-2-5-14-9-6-12(17)16(15-7-9)8-10-3-4-11(13)18-10/h3-4,6-7,14H,2,5,8H2,1H3. The number of anilines is 1. The third kappa shape index (κ3) is 3.43. The molecule has 0 saturated carbocycles. The minimum atomic E-state index is -0.0828. The van der Waals surface area contributed by atoms with Gasteiger partial charge in [-0.3, -0.25) is 4.79 Å². The zero-order valence-corrected chi connectivity index (χ0v) is 12.4. The normalized spacial score (nSPS) is 10.6. The highest BCUT2D eigenvalue weighted by atomic mass is 79.9. The quantitative estimate of drug-likeness (QED) is 0.918. The van der Waals surface area contributed by atoms with Crippen molar-refractivity contribution in [2.75, 3.05) is 11.9 Å². The van der Waals surface area contributed by atoms with E-state index >= 15 is 0 Å². The summed E-state index contributed by atoms with van der Waals surface area (Å²) in [7, 11) is 0. The number of rotatable bonds is 5. The van der Waals surface area contributed by atoms with E-state index in [1.54, 1.807) is 23.6 Å². The average molecular weight is 328 g/mol. The summed E-state index contributed by atoms with van der Waals surface area (Å²) in [6.45, 7) is 3.45. The van der Waals surface area contributed by atoms with Crippen LogP contribution < -0.4 is 10.9 Å². The van der Waals surface area contributed by atoms with Gasteiger partial charge in [-0.25, -0.2) is 4.68 Å². The molecule has 2 rings (SSSR count). The lowest BCUT2D eigenvalue weighted by Gasteiger charge is -2.06. The second kappa shape index (κ2) is 6.15. The summed E-state index contributed by atoms with van der Waals surface area (Å²) in [4.78, 5) is 13.0. The Labute approximate surface area is 118 Å². The van der Waals surface area contributed by atoms with Crippen molar-refractivity contribution in [3.63, 3.8) is 0 Å². The molecule has 0 aliphatic carbocycles. The predicted octanol–water partition coefficient (Wildman–Crippen LogP) is 2.94. The zero-order valence-electron chi connectivity index (χ0n) is 10.0. The third-order valence-corrected chi connectivity index (χ3v) is 3.99. The fourth-order valence-corrected chi connectivity index (χ4v) is 2.97. The fourth-order valence-electron chi connectivity index (χ4n) is 1.50. The molecular formula is C12H14BrN3OS. The molecule has 0 aliphatic heterocycles. The second-order valence-corrected chi connectivity index (χ2v) is 6.42. The molecular weight excluding hydrogens is 314 g/mol. The molecule has 0 aliphatic rings. The van der Waals surface area contributed by atoms with Crippen LogP contribution >= 0.6 is 27.3 Å². The Morgan fingerprint density at radius 2 is 2.33 bits per heavy atom. The van der Waals surface area contributed by atoms with Crippen LogP contribution in [0.2, 0.25) is 0 Å². The molecule has 0 atom stereocenters. The largest absolute Gasteiger partial charge is 0.384 e. The van der Waals surface area contributed by atoms with Gasteiger partial charge in [-0.1, -0.05) is 6.92 Å². The summed E-state index contributed by atoms with van der Waals surface area (Å²) >= 11 is 5.02. The molecule has 18 heavy (non-hydrogen) atoms. The van der Waals surface area contributed by atoms with Gasteiger partial charge in [0.05, 0.1) is 22.2 Å². The van der Waals surface area contributed by atoms with E-state index in [4.69, 9.17) is 0 Å². The molecule has 0 unspecified atom stereocenters. The molecule has 0 radical (unpaired) electrons. The number of thiophene rings is 1. The van der Waals surface area contributed by atoms with Crippen molar-refractivity contribution in [2.24, 2.45) is 0 Å². The predicted molar refractivity (Wildman–Crippen MR) is 78.4 cm³/mol. The van der Waals surface area contributed by atoms with Crippen molar-refractivity contribution in [1.82, 2.24) is 9.78 Å². The van der Waals surface area contributed by atoms with Crippen LogP contribution in [0.3, 0.4) is 0 Å². The van der Waals surface area contributed by atoms with Gasteiger partial charge in [-0.2, -0.15) is 5.10 Å². The maximum Gasteiger partial charge on any atom is 0.269 e. The van der Waals surface area contributed by atoms with E-state index in [1.165, 1.54) is 4.68 Å². The highest BCUT2D eigenvalue weighted by Crippen LogP contribution is 2.22. The molecule has 4 nitrogen and oxygen atoms in total. The van der Waals surface area contributed by atoms with Gasteiger partial charge in [0.2, 0.25) is 0 Å². The number of nitrogens with one attached hydrogen (secondary N) is 1. The van der Waals surface area contributed by atoms with Crippen LogP contribution in [0.4, 0.5) is 5.69 Å². The average Bonchev–Trinajstić information content (AvgIpc) is 2.75. The topological polar surface area (TPSA) is 46.9 Å². The molecule has 0 bridgehead atoms. The molecule has 0 saturated heterocycles. The highest BCUT2D eigenvalue weighted by molar-refractivity contribution is 9.11. The molecule has 2 aromatic rings. The third-order valence-electron chi connectivity index (χ3n) is 2.38. The Balaban J connectivity index is 2.12. The number of nitrogens with zero attached hydrogens (tertiary/aromatic N) is 2. The Kier molecular flexibility index (Phi) is 4.54. The minimum Gasteiger partial charge on any atom is -0.384 e. The van der Waals surface area contributed by atoms with Gasteiger partial charge in [0.25, 0.3) is 5.56 Å². The monoisotopic (exact) mass is 327 g/mol. The number of aromatic nitrogens is 2. The van der Waals surface area contributed by atoms with Crippen LogP contribution in [0.15, 0.2) is 33.0 Å². The molecule has 1 N–H and O–H groups in total. The Hall–Kier alpha value is -1.14. The molecule has 2 aromatic heterocycles. The summed E-state index contributed by atoms with van der Waals surface area (Å²) in [6, 6.07) is 5.56. The summed E-state index contributed by atoms with van der Waals surface area (Å²) < 4.78 is 2.53. The number of halogens is 1. The van der Waals surface area contributed by atoms with Crippen LogP contribution in [0.25, 0.3) is 0 Å². The van der Waals surface area contributed by atoms with Crippen LogP contribution in [0.5, 0.6) is 0 Å². The van der Waals surface area contributed by atoms with Gasteiger partial charge < -0.3 is 5.32 Å². The van der Waals surface area contributed by atoms with Crippen molar-refractivity contribution < 1.29 is 0 Å². The maximum atomic E-state index is 11.9. The van der Waals surface area contributed by atoms with Crippen molar-refractivity contribution in [2.45, 2.75) is 19.9 Å². The number of hydrogen-bond donors (Lipinski definition) is 1. The molecule has 2 heterocycles. The highest BCUT2D eigenvalue weighted by Gasteiger charge is 2.03. The lowest BCUT2D eigenvalue weighted by Crippen LogP contribution is -2.22. The first kappa shape index (κ1) is 13.3. The lowest BCUT2D eigenvalue weighted by atomic mass is 10.4. The first-order valence-corrected chi connectivity index (χ1v) is 7.35. The molecule has 96 valence electrons. The van der Waals surface area contributed by atoms with E-state index in [-0.39, 0.29) is 5.56 Å². The van der Waals surface area contributed by atoms with Crippen molar-refractivity contribution in [1.29, 1.82) is 0 Å². The van der Waals surface area contributed by atoms with E-state index in [2.05, 4.69) is 33.3 Å². The van der Waals surface area contributed by atoms with Gasteiger partial charge in [0, 0.05) is 17.5 Å². The van der Waals surface area contributed by atoms with Crippen LogP contribution in [-0.4, -0.2) is 16.3 Å². The summed E-state index contributed by atoms with van der Waals surface area (Å²) in [6.07, 6.45) is 2.71. The molecule has 6 heteroatoms. The van der Waals surface area contributed by atoms with Crippen molar-refractivity contribution >= 4 is 33.0 Å². The van der Waals surface area contributed by atoms with Crippen molar-refractivity contribution in [3.8, 4) is 0 Å². The molecule has 0 aromatic carbocycles.